The van der Waals surface area contributed by atoms with Crippen molar-refractivity contribution in [3.05, 3.63) is 6.10 Å². The molecule has 0 aromatic rings. The molecular formula is C6H11O6. The Morgan fingerprint density at radius 3 is 2.17 bits per heavy atom. The van der Waals surface area contributed by atoms with Crippen LogP contribution >= 0.6 is 0 Å². The molecule has 71 valence electrons. The molecule has 0 aliphatic carbocycles. The zero-order valence-electron chi connectivity index (χ0n) is 6.16. The summed E-state index contributed by atoms with van der Waals surface area (Å²) < 4.78 is 4.49. The predicted octanol–water partition coefficient (Wildman–Crippen LogP) is -3.06. The molecule has 0 unspecified atom stereocenters. The standard InChI is InChI=1S/C6H11O6/c7-1-2-3(8)4(9)5(10)6(11)12-2/h3-11H,1H2/t3-,4+,5-,6-/m1/s1. The summed E-state index contributed by atoms with van der Waals surface area (Å²) in [7, 11) is 0. The maximum absolute atomic E-state index is 9.08. The molecule has 1 heterocycles. The summed E-state index contributed by atoms with van der Waals surface area (Å²) in [6.45, 7) is -0.609. The molecule has 1 fully saturated rings. The molecule has 6 nitrogen and oxygen atoms in total. The van der Waals surface area contributed by atoms with Crippen molar-refractivity contribution in [3.8, 4) is 0 Å². The molecule has 0 amide bonds. The highest BCUT2D eigenvalue weighted by molar-refractivity contribution is 4.99. The molecule has 5 N–H and O–H groups in total. The van der Waals surface area contributed by atoms with Gasteiger partial charge in [0, 0.05) is 0 Å². The summed E-state index contributed by atoms with van der Waals surface area (Å²) in [5.41, 5.74) is 0. The van der Waals surface area contributed by atoms with Crippen LogP contribution in [0.3, 0.4) is 0 Å². The van der Waals surface area contributed by atoms with Crippen LogP contribution in [0.1, 0.15) is 0 Å². The van der Waals surface area contributed by atoms with Crippen LogP contribution < -0.4 is 0 Å². The van der Waals surface area contributed by atoms with E-state index in [9.17, 15) is 0 Å². The molecule has 0 bridgehead atoms. The highest BCUT2D eigenvalue weighted by Crippen LogP contribution is 2.24. The fraction of sp³-hybridized carbons (Fsp3) is 0.833. The fourth-order valence-electron chi connectivity index (χ4n) is 0.971. The minimum atomic E-state index is -1.61. The van der Waals surface area contributed by atoms with Crippen molar-refractivity contribution in [1.82, 2.24) is 0 Å². The molecule has 1 radical (unpaired) electrons. The Labute approximate surface area is 68.6 Å². The molecule has 1 rings (SSSR count). The number of hydrogen-bond acceptors (Lipinski definition) is 6. The van der Waals surface area contributed by atoms with E-state index >= 15 is 0 Å². The van der Waals surface area contributed by atoms with Crippen LogP contribution in [0.25, 0.3) is 0 Å². The molecule has 0 spiro atoms. The van der Waals surface area contributed by atoms with Gasteiger partial charge in [0.1, 0.15) is 18.3 Å². The van der Waals surface area contributed by atoms with Crippen LogP contribution in [0, 0.1) is 6.10 Å². The molecule has 1 saturated heterocycles. The number of aliphatic hydroxyl groups is 5. The zero-order chi connectivity index (χ0) is 9.30. The Morgan fingerprint density at radius 1 is 1.08 bits per heavy atom. The maximum Gasteiger partial charge on any atom is 0.184 e. The average molecular weight is 179 g/mol. The van der Waals surface area contributed by atoms with E-state index < -0.39 is 31.2 Å². The third kappa shape index (κ3) is 1.58. The van der Waals surface area contributed by atoms with Gasteiger partial charge >= 0.3 is 0 Å². The lowest BCUT2D eigenvalue weighted by Crippen LogP contribution is -2.54. The molecule has 12 heavy (non-hydrogen) atoms. The monoisotopic (exact) mass is 179 g/mol. The fourth-order valence-corrected chi connectivity index (χ4v) is 0.971. The number of aliphatic hydroxyl groups excluding tert-OH is 5. The second-order valence-electron chi connectivity index (χ2n) is 2.56. The SMILES string of the molecule is OC[C]1O[C@@H](O)[C@H](O)[C@@H](O)[C@@H]1O. The number of ether oxygens (including phenoxy) is 1. The van der Waals surface area contributed by atoms with Gasteiger partial charge in [-0.2, -0.15) is 0 Å². The van der Waals surface area contributed by atoms with Gasteiger partial charge in [0.05, 0.1) is 6.61 Å². The van der Waals surface area contributed by atoms with E-state index in [1.807, 2.05) is 0 Å². The maximum atomic E-state index is 9.08. The van der Waals surface area contributed by atoms with Crippen molar-refractivity contribution < 1.29 is 30.3 Å². The number of rotatable bonds is 1. The highest BCUT2D eigenvalue weighted by Gasteiger charge is 2.43. The summed E-state index contributed by atoms with van der Waals surface area (Å²) in [6.07, 6.45) is -6.41. The van der Waals surface area contributed by atoms with Gasteiger partial charge in [-0.1, -0.05) is 0 Å². The van der Waals surface area contributed by atoms with Gasteiger partial charge in [-0.15, -0.1) is 0 Å². The minimum Gasteiger partial charge on any atom is -0.393 e. The lowest BCUT2D eigenvalue weighted by molar-refractivity contribution is -0.251. The molecule has 0 saturated carbocycles. The first kappa shape index (κ1) is 9.85. The molecule has 6 heteroatoms. The average Bonchev–Trinajstić information content (AvgIpc) is 2.08. The zero-order valence-corrected chi connectivity index (χ0v) is 6.16. The molecule has 4 atom stereocenters. The van der Waals surface area contributed by atoms with E-state index in [0.717, 1.165) is 0 Å². The van der Waals surface area contributed by atoms with E-state index in [0.29, 0.717) is 0 Å². The van der Waals surface area contributed by atoms with Gasteiger partial charge in [-0.25, -0.2) is 0 Å². The molecule has 0 aromatic heterocycles. The first-order valence-electron chi connectivity index (χ1n) is 3.43. The van der Waals surface area contributed by atoms with Crippen LogP contribution in [0.2, 0.25) is 0 Å². The van der Waals surface area contributed by atoms with Gasteiger partial charge in [-0.05, 0) is 0 Å². The molecular weight excluding hydrogens is 168 g/mol. The molecule has 1 aliphatic heterocycles. The third-order valence-corrected chi connectivity index (χ3v) is 1.72. The lowest BCUT2D eigenvalue weighted by atomic mass is 10.00. The topological polar surface area (TPSA) is 110 Å². The van der Waals surface area contributed by atoms with Crippen molar-refractivity contribution in [2.75, 3.05) is 6.61 Å². The van der Waals surface area contributed by atoms with Crippen LogP contribution in [0.4, 0.5) is 0 Å². The van der Waals surface area contributed by atoms with Gasteiger partial charge < -0.3 is 30.3 Å². The molecule has 0 aromatic carbocycles. The van der Waals surface area contributed by atoms with Gasteiger partial charge in [-0.3, -0.25) is 0 Å². The van der Waals surface area contributed by atoms with E-state index in [2.05, 4.69) is 4.74 Å². The Bertz CT molecular complexity index is 146. The molecule has 1 aliphatic rings. The van der Waals surface area contributed by atoms with Crippen molar-refractivity contribution in [1.29, 1.82) is 0 Å². The van der Waals surface area contributed by atoms with Crippen molar-refractivity contribution in [2.45, 2.75) is 24.6 Å². The van der Waals surface area contributed by atoms with Crippen molar-refractivity contribution >= 4 is 0 Å². The van der Waals surface area contributed by atoms with Gasteiger partial charge in [0.25, 0.3) is 0 Å². The Hall–Kier alpha value is -0.240. The lowest BCUT2D eigenvalue weighted by Gasteiger charge is -2.36. The van der Waals surface area contributed by atoms with Crippen LogP contribution in [-0.2, 0) is 4.74 Å². The first-order valence-corrected chi connectivity index (χ1v) is 3.43. The van der Waals surface area contributed by atoms with E-state index in [1.54, 1.807) is 0 Å². The predicted molar refractivity (Wildman–Crippen MR) is 35.4 cm³/mol. The summed E-state index contributed by atoms with van der Waals surface area (Å²) in [6, 6.07) is 0. The minimum absolute atomic E-state index is 0.250. The van der Waals surface area contributed by atoms with E-state index in [-0.39, 0.29) is 6.10 Å². The van der Waals surface area contributed by atoms with Crippen LogP contribution in [0.5, 0.6) is 0 Å². The summed E-state index contributed by atoms with van der Waals surface area (Å²) in [4.78, 5) is 0. The smallest absolute Gasteiger partial charge is 0.184 e. The first-order chi connectivity index (χ1) is 5.57. The normalized spacial score (nSPS) is 44.8. The summed E-state index contributed by atoms with van der Waals surface area (Å²) in [5.74, 6) is 0. The van der Waals surface area contributed by atoms with E-state index in [1.165, 1.54) is 0 Å². The second-order valence-corrected chi connectivity index (χ2v) is 2.56. The number of hydrogen-bond donors (Lipinski definition) is 5. The van der Waals surface area contributed by atoms with Gasteiger partial charge in [0.15, 0.2) is 12.4 Å². The Kier molecular flexibility index (Phi) is 2.99. The largest absolute Gasteiger partial charge is 0.393 e. The Balaban J connectivity index is 2.63. The second kappa shape index (κ2) is 3.65. The third-order valence-electron chi connectivity index (χ3n) is 1.72. The quantitative estimate of drug-likeness (QED) is 0.292. The van der Waals surface area contributed by atoms with Crippen molar-refractivity contribution in [3.63, 3.8) is 0 Å². The Morgan fingerprint density at radius 2 is 1.67 bits per heavy atom. The van der Waals surface area contributed by atoms with Crippen LogP contribution in [-0.4, -0.2) is 56.7 Å². The summed E-state index contributed by atoms with van der Waals surface area (Å²) >= 11 is 0. The summed E-state index contributed by atoms with van der Waals surface area (Å²) in [5, 5.41) is 44.5. The van der Waals surface area contributed by atoms with Crippen LogP contribution in [0.15, 0.2) is 0 Å². The van der Waals surface area contributed by atoms with Crippen molar-refractivity contribution in [2.24, 2.45) is 0 Å². The van der Waals surface area contributed by atoms with E-state index in [4.69, 9.17) is 25.5 Å². The van der Waals surface area contributed by atoms with Gasteiger partial charge in [0.2, 0.25) is 0 Å². The highest BCUT2D eigenvalue weighted by atomic mass is 16.6.